The minimum atomic E-state index is -0.387. The fourth-order valence-corrected chi connectivity index (χ4v) is 4.14. The highest BCUT2D eigenvalue weighted by molar-refractivity contribution is 9.10. The highest BCUT2D eigenvalue weighted by atomic mass is 79.9. The zero-order valence-corrected chi connectivity index (χ0v) is 14.9. The van der Waals surface area contributed by atoms with Crippen molar-refractivity contribution in [1.29, 1.82) is 0 Å². The largest absolute Gasteiger partial charge is 0.461 e. The Morgan fingerprint density at radius 1 is 1.41 bits per heavy atom. The minimum Gasteiger partial charge on any atom is -0.461 e. The van der Waals surface area contributed by atoms with Gasteiger partial charge in [0.25, 0.3) is 0 Å². The SMILES string of the molecule is Cn1cc(CCOC(=O)c2csc(-c3cc(Br)cs3)n2)cn1. The lowest BCUT2D eigenvalue weighted by Crippen LogP contribution is -2.08. The first kappa shape index (κ1) is 15.4. The molecule has 5 nitrogen and oxygen atoms in total. The average molecular weight is 398 g/mol. The maximum atomic E-state index is 12.0. The summed E-state index contributed by atoms with van der Waals surface area (Å²) >= 11 is 6.44. The number of hydrogen-bond donors (Lipinski definition) is 0. The molecule has 8 heteroatoms. The van der Waals surface area contributed by atoms with Gasteiger partial charge in [0.1, 0.15) is 5.01 Å². The molecule has 0 spiro atoms. The van der Waals surface area contributed by atoms with Crippen molar-refractivity contribution < 1.29 is 9.53 Å². The van der Waals surface area contributed by atoms with Crippen LogP contribution in [-0.2, 0) is 18.2 Å². The lowest BCUT2D eigenvalue weighted by atomic mass is 10.3. The normalized spacial score (nSPS) is 10.8. The summed E-state index contributed by atoms with van der Waals surface area (Å²) < 4.78 is 8.00. The van der Waals surface area contributed by atoms with E-state index in [2.05, 4.69) is 26.0 Å². The van der Waals surface area contributed by atoms with Crippen LogP contribution in [0, 0.1) is 0 Å². The molecule has 3 rings (SSSR count). The van der Waals surface area contributed by atoms with Crippen LogP contribution >= 0.6 is 38.6 Å². The van der Waals surface area contributed by atoms with Gasteiger partial charge in [-0.15, -0.1) is 22.7 Å². The molecule has 0 aliphatic carbocycles. The Hall–Kier alpha value is -1.51. The molecule has 0 amide bonds. The van der Waals surface area contributed by atoms with Crippen molar-refractivity contribution in [3.05, 3.63) is 45.0 Å². The lowest BCUT2D eigenvalue weighted by molar-refractivity contribution is 0.0503. The molecule has 114 valence electrons. The third kappa shape index (κ3) is 3.63. The van der Waals surface area contributed by atoms with Gasteiger partial charge in [0.15, 0.2) is 5.69 Å². The van der Waals surface area contributed by atoms with Gasteiger partial charge >= 0.3 is 5.97 Å². The molecule has 0 radical (unpaired) electrons. The van der Waals surface area contributed by atoms with E-state index < -0.39 is 0 Å². The smallest absolute Gasteiger partial charge is 0.357 e. The van der Waals surface area contributed by atoms with Gasteiger partial charge in [0.2, 0.25) is 0 Å². The Morgan fingerprint density at radius 2 is 2.27 bits per heavy atom. The average Bonchev–Trinajstić information content (AvgIpc) is 3.19. The van der Waals surface area contributed by atoms with Crippen LogP contribution in [-0.4, -0.2) is 27.3 Å². The second-order valence-corrected chi connectivity index (χ2v) is 7.26. The van der Waals surface area contributed by atoms with Gasteiger partial charge < -0.3 is 4.74 Å². The highest BCUT2D eigenvalue weighted by Crippen LogP contribution is 2.32. The van der Waals surface area contributed by atoms with E-state index in [4.69, 9.17) is 4.74 Å². The van der Waals surface area contributed by atoms with Gasteiger partial charge in [-0.2, -0.15) is 5.10 Å². The molecule has 0 bridgehead atoms. The molecule has 3 aromatic heterocycles. The van der Waals surface area contributed by atoms with Gasteiger partial charge in [-0.1, -0.05) is 0 Å². The second kappa shape index (κ2) is 6.72. The van der Waals surface area contributed by atoms with Crippen LogP contribution < -0.4 is 0 Å². The van der Waals surface area contributed by atoms with Crippen LogP contribution in [0.5, 0.6) is 0 Å². The number of ether oxygens (including phenoxy) is 1. The van der Waals surface area contributed by atoms with Crippen LogP contribution in [0.15, 0.2) is 33.7 Å². The van der Waals surface area contributed by atoms with E-state index in [0.717, 1.165) is 19.9 Å². The number of carbonyl (C=O) groups is 1. The van der Waals surface area contributed by atoms with Gasteiger partial charge in [-0.3, -0.25) is 4.68 Å². The summed E-state index contributed by atoms with van der Waals surface area (Å²) in [4.78, 5) is 17.4. The molecule has 22 heavy (non-hydrogen) atoms. The molecule has 0 aliphatic heterocycles. The summed E-state index contributed by atoms with van der Waals surface area (Å²) in [6.45, 7) is 0.321. The number of carbonyl (C=O) groups excluding carboxylic acids is 1. The van der Waals surface area contributed by atoms with Crippen molar-refractivity contribution in [3.8, 4) is 9.88 Å². The summed E-state index contributed by atoms with van der Waals surface area (Å²) in [5, 5.41) is 8.62. The fourth-order valence-electron chi connectivity index (χ4n) is 1.84. The molecule has 0 saturated heterocycles. The van der Waals surface area contributed by atoms with Gasteiger partial charge in [-0.25, -0.2) is 9.78 Å². The first-order chi connectivity index (χ1) is 10.6. The Balaban J connectivity index is 1.57. The third-order valence-corrected chi connectivity index (χ3v) is 5.58. The number of aryl methyl sites for hydroxylation is 1. The van der Waals surface area contributed by atoms with E-state index in [1.54, 1.807) is 27.6 Å². The zero-order chi connectivity index (χ0) is 15.5. The molecule has 0 N–H and O–H groups in total. The van der Waals surface area contributed by atoms with E-state index in [1.165, 1.54) is 11.3 Å². The van der Waals surface area contributed by atoms with Crippen molar-refractivity contribution in [2.45, 2.75) is 6.42 Å². The molecule has 3 heterocycles. The Labute approximate surface area is 143 Å². The number of thiophene rings is 1. The Kier molecular flexibility index (Phi) is 4.70. The van der Waals surface area contributed by atoms with Gasteiger partial charge in [-0.05, 0) is 27.6 Å². The zero-order valence-electron chi connectivity index (χ0n) is 11.7. The minimum absolute atomic E-state index is 0.321. The molecule has 0 aliphatic rings. The van der Waals surface area contributed by atoms with Crippen LogP contribution in [0.25, 0.3) is 9.88 Å². The maximum Gasteiger partial charge on any atom is 0.357 e. The summed E-state index contributed by atoms with van der Waals surface area (Å²) in [5.41, 5.74) is 1.40. The molecular weight excluding hydrogens is 386 g/mol. The number of esters is 1. The molecule has 0 fully saturated rings. The van der Waals surface area contributed by atoms with E-state index in [-0.39, 0.29) is 5.97 Å². The number of aromatic nitrogens is 3. The quantitative estimate of drug-likeness (QED) is 0.614. The summed E-state index contributed by atoms with van der Waals surface area (Å²) in [7, 11) is 1.86. The first-order valence-corrected chi connectivity index (χ1v) is 9.01. The molecule has 0 saturated carbocycles. The predicted molar refractivity (Wildman–Crippen MR) is 90.3 cm³/mol. The fraction of sp³-hybridized carbons (Fsp3) is 0.214. The van der Waals surface area contributed by atoms with Gasteiger partial charge in [0, 0.05) is 34.9 Å². The van der Waals surface area contributed by atoms with Crippen LogP contribution in [0.1, 0.15) is 16.1 Å². The topological polar surface area (TPSA) is 57.0 Å². The molecule has 0 unspecified atom stereocenters. The van der Waals surface area contributed by atoms with Crippen LogP contribution in [0.3, 0.4) is 0 Å². The molecule has 0 aromatic carbocycles. The first-order valence-electron chi connectivity index (χ1n) is 6.46. The second-order valence-electron chi connectivity index (χ2n) is 4.58. The van der Waals surface area contributed by atoms with E-state index >= 15 is 0 Å². The Bertz CT molecular complexity index is 793. The summed E-state index contributed by atoms with van der Waals surface area (Å²) in [6.07, 6.45) is 4.32. The third-order valence-electron chi connectivity index (χ3n) is 2.87. The summed E-state index contributed by atoms with van der Waals surface area (Å²) in [5.74, 6) is -0.387. The van der Waals surface area contributed by atoms with E-state index in [1.807, 2.05) is 24.7 Å². The predicted octanol–water partition coefficient (Wildman–Crippen LogP) is 3.77. The lowest BCUT2D eigenvalue weighted by Gasteiger charge is -2.00. The van der Waals surface area contributed by atoms with Crippen molar-refractivity contribution in [3.63, 3.8) is 0 Å². The highest BCUT2D eigenvalue weighted by Gasteiger charge is 2.14. The van der Waals surface area contributed by atoms with Crippen molar-refractivity contribution in [2.75, 3.05) is 6.61 Å². The summed E-state index contributed by atoms with van der Waals surface area (Å²) in [6, 6.07) is 1.99. The van der Waals surface area contributed by atoms with Crippen molar-refractivity contribution >= 4 is 44.6 Å². The van der Waals surface area contributed by atoms with Gasteiger partial charge in [0.05, 0.1) is 17.7 Å². The van der Waals surface area contributed by atoms with E-state index in [9.17, 15) is 4.79 Å². The van der Waals surface area contributed by atoms with Crippen LogP contribution in [0.2, 0.25) is 0 Å². The standard InChI is InChI=1S/C14H12BrN3O2S2/c1-18-6-9(5-16-18)2-3-20-14(19)11-8-22-13(17-11)12-4-10(15)7-21-12/h4-8H,2-3H2,1H3. The van der Waals surface area contributed by atoms with E-state index in [0.29, 0.717) is 18.7 Å². The number of thiazole rings is 1. The Morgan fingerprint density at radius 3 is 2.95 bits per heavy atom. The molecular formula is C14H12BrN3O2S2. The molecule has 0 atom stereocenters. The number of nitrogens with zero attached hydrogens (tertiary/aromatic N) is 3. The number of halogens is 1. The van der Waals surface area contributed by atoms with Crippen molar-refractivity contribution in [1.82, 2.24) is 14.8 Å². The monoisotopic (exact) mass is 397 g/mol. The van der Waals surface area contributed by atoms with Crippen molar-refractivity contribution in [2.24, 2.45) is 7.05 Å². The maximum absolute atomic E-state index is 12.0. The number of rotatable bonds is 5. The van der Waals surface area contributed by atoms with Crippen LogP contribution in [0.4, 0.5) is 0 Å². The number of hydrogen-bond acceptors (Lipinski definition) is 6. The molecule has 3 aromatic rings.